The fourth-order valence-corrected chi connectivity index (χ4v) is 2.48. The van der Waals surface area contributed by atoms with E-state index in [0.29, 0.717) is 12.0 Å². The molecule has 1 saturated heterocycles. The third-order valence-corrected chi connectivity index (χ3v) is 3.72. The molecule has 0 amide bonds. The molecule has 0 aliphatic carbocycles. The van der Waals surface area contributed by atoms with Crippen molar-refractivity contribution in [2.24, 2.45) is 11.7 Å². The van der Waals surface area contributed by atoms with Crippen molar-refractivity contribution in [2.75, 3.05) is 25.1 Å². The number of ether oxygens (including phenoxy) is 1. The summed E-state index contributed by atoms with van der Waals surface area (Å²) in [7, 11) is 1.70. The molecule has 1 aliphatic rings. The number of piperidine rings is 1. The molecule has 3 heteroatoms. The second-order valence-electron chi connectivity index (χ2n) is 4.88. The van der Waals surface area contributed by atoms with E-state index in [-0.39, 0.29) is 0 Å². The van der Waals surface area contributed by atoms with Crippen LogP contribution in [0.1, 0.15) is 19.8 Å². The summed E-state index contributed by atoms with van der Waals surface area (Å²) in [5.74, 6) is 1.60. The number of anilines is 1. The van der Waals surface area contributed by atoms with Crippen molar-refractivity contribution in [2.45, 2.75) is 25.8 Å². The van der Waals surface area contributed by atoms with Crippen LogP contribution in [0.25, 0.3) is 0 Å². The molecule has 0 unspecified atom stereocenters. The third-order valence-electron chi connectivity index (χ3n) is 3.72. The van der Waals surface area contributed by atoms with Crippen molar-refractivity contribution in [3.05, 3.63) is 24.3 Å². The van der Waals surface area contributed by atoms with E-state index >= 15 is 0 Å². The van der Waals surface area contributed by atoms with E-state index in [1.54, 1.807) is 7.11 Å². The first-order chi connectivity index (χ1) is 8.20. The third kappa shape index (κ3) is 2.91. The average Bonchev–Trinajstić information content (AvgIpc) is 2.39. The van der Waals surface area contributed by atoms with Gasteiger partial charge in [0.1, 0.15) is 5.75 Å². The number of benzene rings is 1. The molecule has 17 heavy (non-hydrogen) atoms. The number of nitrogens with zero attached hydrogens (tertiary/aromatic N) is 1. The summed E-state index contributed by atoms with van der Waals surface area (Å²) in [6, 6.07) is 8.63. The lowest BCUT2D eigenvalue weighted by Gasteiger charge is -2.35. The van der Waals surface area contributed by atoms with Crippen LogP contribution in [0.15, 0.2) is 24.3 Å². The highest BCUT2D eigenvalue weighted by atomic mass is 16.5. The van der Waals surface area contributed by atoms with Gasteiger partial charge >= 0.3 is 0 Å². The second kappa shape index (κ2) is 5.41. The average molecular weight is 234 g/mol. The van der Waals surface area contributed by atoms with Crippen LogP contribution in [-0.4, -0.2) is 26.2 Å². The van der Waals surface area contributed by atoms with Crippen LogP contribution in [0.2, 0.25) is 0 Å². The van der Waals surface area contributed by atoms with Gasteiger partial charge in [-0.1, -0.05) is 0 Å². The molecule has 1 aromatic carbocycles. The van der Waals surface area contributed by atoms with E-state index < -0.39 is 0 Å². The molecule has 94 valence electrons. The van der Waals surface area contributed by atoms with Crippen molar-refractivity contribution in [3.8, 4) is 5.75 Å². The first-order valence-corrected chi connectivity index (χ1v) is 6.35. The predicted molar refractivity (Wildman–Crippen MR) is 71.6 cm³/mol. The molecule has 0 bridgehead atoms. The van der Waals surface area contributed by atoms with Crippen molar-refractivity contribution in [1.29, 1.82) is 0 Å². The Morgan fingerprint density at radius 2 is 1.82 bits per heavy atom. The van der Waals surface area contributed by atoms with Crippen LogP contribution >= 0.6 is 0 Å². The van der Waals surface area contributed by atoms with Crippen LogP contribution in [0.5, 0.6) is 5.75 Å². The predicted octanol–water partition coefficient (Wildman–Crippen LogP) is 2.26. The molecule has 0 aromatic heterocycles. The molecular weight excluding hydrogens is 212 g/mol. The van der Waals surface area contributed by atoms with Gasteiger partial charge in [0, 0.05) is 24.8 Å². The van der Waals surface area contributed by atoms with Crippen LogP contribution in [-0.2, 0) is 0 Å². The molecule has 1 heterocycles. The minimum Gasteiger partial charge on any atom is -0.497 e. The maximum Gasteiger partial charge on any atom is 0.119 e. The summed E-state index contributed by atoms with van der Waals surface area (Å²) in [6.07, 6.45) is 2.40. The monoisotopic (exact) mass is 234 g/mol. The first-order valence-electron chi connectivity index (χ1n) is 6.35. The van der Waals surface area contributed by atoms with Crippen LogP contribution in [0.3, 0.4) is 0 Å². The largest absolute Gasteiger partial charge is 0.497 e. The molecule has 1 aliphatic heterocycles. The molecule has 0 saturated carbocycles. The number of methoxy groups -OCH3 is 1. The summed E-state index contributed by atoms with van der Waals surface area (Å²) in [5.41, 5.74) is 7.24. The van der Waals surface area contributed by atoms with E-state index in [4.69, 9.17) is 10.5 Å². The van der Waals surface area contributed by atoms with E-state index in [1.165, 1.54) is 18.5 Å². The number of hydrogen-bond donors (Lipinski definition) is 1. The van der Waals surface area contributed by atoms with E-state index in [9.17, 15) is 0 Å². The molecule has 2 rings (SSSR count). The van der Waals surface area contributed by atoms with Crippen LogP contribution in [0, 0.1) is 5.92 Å². The highest BCUT2D eigenvalue weighted by molar-refractivity contribution is 5.49. The molecule has 2 N–H and O–H groups in total. The van der Waals surface area contributed by atoms with Crippen molar-refractivity contribution in [1.82, 2.24) is 0 Å². The molecule has 1 aromatic rings. The van der Waals surface area contributed by atoms with Crippen LogP contribution in [0.4, 0.5) is 5.69 Å². The quantitative estimate of drug-likeness (QED) is 0.872. The Hall–Kier alpha value is -1.22. The summed E-state index contributed by atoms with van der Waals surface area (Å²) < 4.78 is 5.17. The SMILES string of the molecule is COc1ccc(N2CCC([C@@H](C)N)CC2)cc1. The smallest absolute Gasteiger partial charge is 0.119 e. The zero-order valence-corrected chi connectivity index (χ0v) is 10.7. The Kier molecular flexibility index (Phi) is 3.89. The maximum atomic E-state index is 5.95. The second-order valence-corrected chi connectivity index (χ2v) is 4.88. The van der Waals surface area contributed by atoms with Gasteiger partial charge < -0.3 is 15.4 Å². The summed E-state index contributed by atoms with van der Waals surface area (Å²) in [5, 5.41) is 0. The lowest BCUT2D eigenvalue weighted by Crippen LogP contribution is -2.39. The Bertz CT molecular complexity index is 340. The maximum absolute atomic E-state index is 5.95. The first kappa shape index (κ1) is 12.2. The van der Waals surface area contributed by atoms with Gasteiger partial charge in [0.2, 0.25) is 0 Å². The Balaban J connectivity index is 1.95. The molecule has 3 nitrogen and oxygen atoms in total. The molecule has 0 spiro atoms. The van der Waals surface area contributed by atoms with Crippen molar-refractivity contribution in [3.63, 3.8) is 0 Å². The zero-order chi connectivity index (χ0) is 12.3. The van der Waals surface area contributed by atoms with Crippen molar-refractivity contribution < 1.29 is 4.74 Å². The van der Waals surface area contributed by atoms with Gasteiger partial charge in [-0.25, -0.2) is 0 Å². The Morgan fingerprint density at radius 3 is 2.29 bits per heavy atom. The van der Waals surface area contributed by atoms with E-state index in [1.807, 2.05) is 12.1 Å². The highest BCUT2D eigenvalue weighted by Crippen LogP contribution is 2.26. The van der Waals surface area contributed by atoms with Gasteiger partial charge in [0.15, 0.2) is 0 Å². The van der Waals surface area contributed by atoms with E-state index in [2.05, 4.69) is 24.0 Å². The topological polar surface area (TPSA) is 38.5 Å². The molecular formula is C14H22N2O. The fourth-order valence-electron chi connectivity index (χ4n) is 2.48. The van der Waals surface area contributed by atoms with Gasteiger partial charge in [-0.15, -0.1) is 0 Å². The Morgan fingerprint density at radius 1 is 1.24 bits per heavy atom. The number of rotatable bonds is 3. The number of hydrogen-bond acceptors (Lipinski definition) is 3. The molecule has 0 radical (unpaired) electrons. The van der Waals surface area contributed by atoms with E-state index in [0.717, 1.165) is 18.8 Å². The minimum absolute atomic E-state index is 0.327. The lowest BCUT2D eigenvalue weighted by molar-refractivity contribution is 0.354. The number of nitrogens with two attached hydrogens (primary N) is 1. The van der Waals surface area contributed by atoms with Gasteiger partial charge in [0.25, 0.3) is 0 Å². The fraction of sp³-hybridized carbons (Fsp3) is 0.571. The Labute approximate surface area is 104 Å². The standard InChI is InChI=1S/C14H22N2O/c1-11(15)12-7-9-16(10-8-12)13-3-5-14(17-2)6-4-13/h3-6,11-12H,7-10,15H2,1-2H3/t11-/m1/s1. The minimum atomic E-state index is 0.327. The lowest BCUT2D eigenvalue weighted by atomic mass is 9.91. The van der Waals surface area contributed by atoms with Gasteiger partial charge in [-0.05, 0) is 49.9 Å². The van der Waals surface area contributed by atoms with Gasteiger partial charge in [0.05, 0.1) is 7.11 Å². The van der Waals surface area contributed by atoms with Crippen LogP contribution < -0.4 is 15.4 Å². The molecule has 1 atom stereocenters. The normalized spacial score (nSPS) is 19.1. The highest BCUT2D eigenvalue weighted by Gasteiger charge is 2.21. The van der Waals surface area contributed by atoms with Gasteiger partial charge in [-0.3, -0.25) is 0 Å². The summed E-state index contributed by atoms with van der Waals surface area (Å²) >= 11 is 0. The summed E-state index contributed by atoms with van der Waals surface area (Å²) in [4.78, 5) is 2.43. The van der Waals surface area contributed by atoms with Gasteiger partial charge in [-0.2, -0.15) is 0 Å². The van der Waals surface area contributed by atoms with Crippen molar-refractivity contribution >= 4 is 5.69 Å². The molecule has 1 fully saturated rings. The summed E-state index contributed by atoms with van der Waals surface area (Å²) in [6.45, 7) is 4.34. The zero-order valence-electron chi connectivity index (χ0n) is 10.7.